The van der Waals surface area contributed by atoms with Gasteiger partial charge in [0.25, 0.3) is 0 Å². The Hall–Kier alpha value is -1.22. The zero-order valence-corrected chi connectivity index (χ0v) is 19.4. The molecule has 30 heavy (non-hydrogen) atoms. The number of carbonyl (C=O) groups excluding carboxylic acids is 2. The second kappa shape index (κ2) is 19.7. The average Bonchev–Trinajstić information content (AvgIpc) is 2.75. The molecule has 0 amide bonds. The topological polar surface area (TPSA) is 89.5 Å². The van der Waals surface area contributed by atoms with E-state index < -0.39 is 17.4 Å². The Kier molecular flexibility index (Phi) is 18.9. The maximum absolute atomic E-state index is 12.6. The first kappa shape index (κ1) is 28.8. The van der Waals surface area contributed by atoms with Crippen LogP contribution in [-0.4, -0.2) is 78.0 Å². The highest BCUT2D eigenvalue weighted by Gasteiger charge is 2.43. The number of ether oxygens (including phenoxy) is 6. The van der Waals surface area contributed by atoms with Crippen LogP contribution in [0.1, 0.15) is 59.8 Å². The molecule has 0 spiro atoms. The number of hydrogen-bond donors (Lipinski definition) is 0. The summed E-state index contributed by atoms with van der Waals surface area (Å²) in [6.45, 7) is 11.6. The summed E-state index contributed by atoms with van der Waals surface area (Å²) in [6.07, 6.45) is 3.88. The molecule has 0 aliphatic rings. The van der Waals surface area contributed by atoms with Crippen LogP contribution in [0.2, 0.25) is 0 Å². The molecule has 8 heteroatoms. The Morgan fingerprint density at radius 3 is 1.30 bits per heavy atom. The van der Waals surface area contributed by atoms with Crippen LogP contribution in [0.4, 0.5) is 0 Å². The number of carbonyl (C=O) groups is 2. The maximum atomic E-state index is 12.6. The minimum atomic E-state index is -1.33. The second-order valence-corrected chi connectivity index (χ2v) is 7.16. The van der Waals surface area contributed by atoms with Gasteiger partial charge in [-0.25, -0.2) is 0 Å². The van der Waals surface area contributed by atoms with E-state index >= 15 is 0 Å². The minimum absolute atomic E-state index is 0.0858. The molecule has 0 bridgehead atoms. The van der Waals surface area contributed by atoms with Crippen LogP contribution >= 0.6 is 0 Å². The van der Waals surface area contributed by atoms with Crippen LogP contribution in [0.5, 0.6) is 0 Å². The Balaban J connectivity index is 4.21. The van der Waals surface area contributed by atoms with E-state index in [0.29, 0.717) is 46.1 Å². The van der Waals surface area contributed by atoms with Gasteiger partial charge in [-0.05, 0) is 26.2 Å². The third-order valence-electron chi connectivity index (χ3n) is 4.29. The highest BCUT2D eigenvalue weighted by molar-refractivity contribution is 5.99. The summed E-state index contributed by atoms with van der Waals surface area (Å²) in [7, 11) is 0. The Morgan fingerprint density at radius 2 is 0.933 bits per heavy atom. The van der Waals surface area contributed by atoms with Gasteiger partial charge in [0.05, 0.1) is 39.6 Å². The van der Waals surface area contributed by atoms with Crippen molar-refractivity contribution >= 4 is 11.9 Å². The highest BCUT2D eigenvalue weighted by atomic mass is 16.6. The fourth-order valence-corrected chi connectivity index (χ4v) is 2.46. The van der Waals surface area contributed by atoms with Crippen LogP contribution < -0.4 is 0 Å². The summed E-state index contributed by atoms with van der Waals surface area (Å²) in [4.78, 5) is 25.1. The maximum Gasteiger partial charge on any atom is 0.323 e. The smallest absolute Gasteiger partial charge is 0.323 e. The highest BCUT2D eigenvalue weighted by Crippen LogP contribution is 2.28. The van der Waals surface area contributed by atoms with E-state index in [-0.39, 0.29) is 26.4 Å². The van der Waals surface area contributed by atoms with Gasteiger partial charge in [0, 0.05) is 13.2 Å². The van der Waals surface area contributed by atoms with Gasteiger partial charge in [-0.2, -0.15) is 0 Å². The SMILES string of the molecule is CCCCC(C)(C(=O)OCCOCCOCCC)C(=O)OCCOCCOCCC. The number of esters is 2. The molecule has 0 fully saturated rings. The summed E-state index contributed by atoms with van der Waals surface area (Å²) >= 11 is 0. The largest absolute Gasteiger partial charge is 0.462 e. The van der Waals surface area contributed by atoms with E-state index in [4.69, 9.17) is 28.4 Å². The standard InChI is InChI=1S/C22H42O8/c1-5-8-9-22(4,20(23)29-18-16-27-14-12-25-10-6-2)21(24)30-19-17-28-15-13-26-11-7-3/h5-19H2,1-4H3. The predicted octanol–water partition coefficient (Wildman–Crippen LogP) is 3.16. The molecular weight excluding hydrogens is 392 g/mol. The third-order valence-corrected chi connectivity index (χ3v) is 4.29. The average molecular weight is 435 g/mol. The van der Waals surface area contributed by atoms with Crippen molar-refractivity contribution in [2.75, 3.05) is 66.1 Å². The van der Waals surface area contributed by atoms with E-state index in [2.05, 4.69) is 0 Å². The van der Waals surface area contributed by atoms with Crippen molar-refractivity contribution < 1.29 is 38.0 Å². The molecule has 0 saturated heterocycles. The number of hydrogen-bond acceptors (Lipinski definition) is 8. The molecule has 0 heterocycles. The van der Waals surface area contributed by atoms with Gasteiger partial charge in [0.1, 0.15) is 13.2 Å². The first-order valence-corrected chi connectivity index (χ1v) is 11.2. The lowest BCUT2D eigenvalue weighted by atomic mass is 9.85. The summed E-state index contributed by atoms with van der Waals surface area (Å²) in [5, 5.41) is 0. The van der Waals surface area contributed by atoms with Crippen LogP contribution in [0, 0.1) is 5.41 Å². The van der Waals surface area contributed by atoms with Crippen molar-refractivity contribution in [2.45, 2.75) is 59.8 Å². The van der Waals surface area contributed by atoms with Crippen LogP contribution in [-0.2, 0) is 38.0 Å². The lowest BCUT2D eigenvalue weighted by Gasteiger charge is -2.25. The molecule has 0 atom stereocenters. The van der Waals surface area contributed by atoms with Gasteiger partial charge < -0.3 is 28.4 Å². The normalized spacial score (nSPS) is 11.5. The summed E-state index contributed by atoms with van der Waals surface area (Å²) in [6, 6.07) is 0. The van der Waals surface area contributed by atoms with Gasteiger partial charge in [-0.3, -0.25) is 9.59 Å². The molecule has 0 aromatic rings. The van der Waals surface area contributed by atoms with Crippen molar-refractivity contribution in [1.82, 2.24) is 0 Å². The van der Waals surface area contributed by atoms with Crippen molar-refractivity contribution in [2.24, 2.45) is 5.41 Å². The van der Waals surface area contributed by atoms with Gasteiger partial charge in [0.15, 0.2) is 5.41 Å². The zero-order chi connectivity index (χ0) is 22.5. The van der Waals surface area contributed by atoms with Crippen molar-refractivity contribution in [3.63, 3.8) is 0 Å². The molecule has 178 valence electrons. The fraction of sp³-hybridized carbons (Fsp3) is 0.909. The molecule has 0 aromatic heterocycles. The van der Waals surface area contributed by atoms with Gasteiger partial charge in [0.2, 0.25) is 0 Å². The van der Waals surface area contributed by atoms with Crippen LogP contribution in [0.3, 0.4) is 0 Å². The number of unbranched alkanes of at least 4 members (excludes halogenated alkanes) is 1. The monoisotopic (exact) mass is 434 g/mol. The minimum Gasteiger partial charge on any atom is -0.462 e. The Labute approximate surface area is 181 Å². The van der Waals surface area contributed by atoms with E-state index in [1.54, 1.807) is 6.92 Å². The molecule has 0 N–H and O–H groups in total. The molecule has 0 radical (unpaired) electrons. The summed E-state index contributed by atoms with van der Waals surface area (Å²) < 4.78 is 31.9. The van der Waals surface area contributed by atoms with E-state index in [9.17, 15) is 9.59 Å². The summed E-state index contributed by atoms with van der Waals surface area (Å²) in [5.41, 5.74) is -1.33. The quantitative estimate of drug-likeness (QED) is 0.155. The third kappa shape index (κ3) is 13.9. The molecular formula is C22H42O8. The fourth-order valence-electron chi connectivity index (χ4n) is 2.46. The molecule has 0 aliphatic carbocycles. The van der Waals surface area contributed by atoms with Gasteiger partial charge in [-0.15, -0.1) is 0 Å². The van der Waals surface area contributed by atoms with Crippen molar-refractivity contribution in [3.05, 3.63) is 0 Å². The molecule has 0 aromatic carbocycles. The second-order valence-electron chi connectivity index (χ2n) is 7.16. The number of rotatable bonds is 21. The van der Waals surface area contributed by atoms with E-state index in [1.807, 2.05) is 20.8 Å². The lowest BCUT2D eigenvalue weighted by Crippen LogP contribution is -2.40. The van der Waals surface area contributed by atoms with E-state index in [1.165, 1.54) is 0 Å². The molecule has 0 rings (SSSR count). The van der Waals surface area contributed by atoms with E-state index in [0.717, 1.165) is 25.7 Å². The summed E-state index contributed by atoms with van der Waals surface area (Å²) in [5.74, 6) is -1.17. The van der Waals surface area contributed by atoms with Gasteiger partial charge >= 0.3 is 11.9 Å². The zero-order valence-electron chi connectivity index (χ0n) is 19.4. The Morgan fingerprint density at radius 1 is 0.567 bits per heavy atom. The first-order valence-electron chi connectivity index (χ1n) is 11.2. The molecule has 0 aliphatic heterocycles. The van der Waals surface area contributed by atoms with Crippen LogP contribution in [0.15, 0.2) is 0 Å². The van der Waals surface area contributed by atoms with Crippen LogP contribution in [0.25, 0.3) is 0 Å². The lowest BCUT2D eigenvalue weighted by molar-refractivity contribution is -0.173. The predicted molar refractivity (Wildman–Crippen MR) is 113 cm³/mol. The first-order chi connectivity index (χ1) is 14.5. The molecule has 0 saturated carbocycles. The van der Waals surface area contributed by atoms with Crippen molar-refractivity contribution in [3.8, 4) is 0 Å². The molecule has 8 nitrogen and oxygen atoms in total. The van der Waals surface area contributed by atoms with Crippen molar-refractivity contribution in [1.29, 1.82) is 0 Å². The molecule has 0 unspecified atom stereocenters. The Bertz CT molecular complexity index is 395. The van der Waals surface area contributed by atoms with Gasteiger partial charge in [-0.1, -0.05) is 33.6 Å².